The highest BCUT2D eigenvalue weighted by atomic mass is 79.9. The highest BCUT2D eigenvalue weighted by Gasteiger charge is 2.08. The molecule has 7 heteroatoms. The van der Waals surface area contributed by atoms with E-state index in [1.807, 2.05) is 49.4 Å². The molecule has 0 atom stereocenters. The third-order valence-corrected chi connectivity index (χ3v) is 5.60. The lowest BCUT2D eigenvalue weighted by molar-refractivity contribution is -0.140. The van der Waals surface area contributed by atoms with E-state index in [1.54, 1.807) is 4.57 Å². The van der Waals surface area contributed by atoms with Crippen molar-refractivity contribution in [2.45, 2.75) is 24.8 Å². The number of hydrogen-bond acceptors (Lipinski definition) is 4. The molecule has 0 saturated heterocycles. The number of halogens is 1. The van der Waals surface area contributed by atoms with Crippen molar-refractivity contribution >= 4 is 44.7 Å². The number of esters is 1. The molecule has 0 fully saturated rings. The number of aromatic amines is 1. The van der Waals surface area contributed by atoms with Crippen LogP contribution < -0.4 is 5.69 Å². The quantitative estimate of drug-likeness (QED) is 0.345. The molecular weight excluding hydrogens is 416 g/mol. The first kappa shape index (κ1) is 18.8. The Kier molecular flexibility index (Phi) is 6.21. The Morgan fingerprint density at radius 3 is 2.88 bits per heavy atom. The van der Waals surface area contributed by atoms with Gasteiger partial charge in [-0.15, -0.1) is 11.8 Å². The molecule has 0 saturated carbocycles. The van der Waals surface area contributed by atoms with Gasteiger partial charge in [0.2, 0.25) is 0 Å². The van der Waals surface area contributed by atoms with Crippen molar-refractivity contribution in [1.82, 2.24) is 9.55 Å². The van der Waals surface area contributed by atoms with Crippen LogP contribution in [0.15, 0.2) is 56.6 Å². The molecule has 136 valence electrons. The molecule has 1 aromatic heterocycles. The molecular formula is C19H19BrN2O3S. The van der Waals surface area contributed by atoms with Crippen molar-refractivity contribution in [1.29, 1.82) is 0 Å². The van der Waals surface area contributed by atoms with Gasteiger partial charge in [0.25, 0.3) is 0 Å². The fraction of sp³-hybridized carbons (Fsp3) is 0.263. The maximum absolute atomic E-state index is 12.0. The van der Waals surface area contributed by atoms with Crippen LogP contribution in [-0.4, -0.2) is 27.9 Å². The number of ether oxygens (including phenoxy) is 1. The van der Waals surface area contributed by atoms with Gasteiger partial charge in [-0.05, 0) is 49.2 Å². The lowest BCUT2D eigenvalue weighted by atomic mass is 10.2. The second-order valence-corrected chi connectivity index (χ2v) is 7.80. The SMILES string of the molecule is Cc1cc(Br)ccc1SCC(=O)OCCCn1c(=O)[nH]c2ccccc21. The molecule has 5 nitrogen and oxygen atoms in total. The van der Waals surface area contributed by atoms with E-state index >= 15 is 0 Å². The summed E-state index contributed by atoms with van der Waals surface area (Å²) in [6.45, 7) is 2.82. The van der Waals surface area contributed by atoms with Crippen LogP contribution in [0, 0.1) is 6.92 Å². The van der Waals surface area contributed by atoms with E-state index in [1.165, 1.54) is 11.8 Å². The van der Waals surface area contributed by atoms with Crippen LogP contribution in [0.2, 0.25) is 0 Å². The van der Waals surface area contributed by atoms with E-state index in [9.17, 15) is 9.59 Å². The summed E-state index contributed by atoms with van der Waals surface area (Å²) in [5.41, 5.74) is 2.66. The summed E-state index contributed by atoms with van der Waals surface area (Å²) < 4.78 is 7.98. The Morgan fingerprint density at radius 1 is 1.27 bits per heavy atom. The number of imidazole rings is 1. The Hall–Kier alpha value is -1.99. The second kappa shape index (κ2) is 8.60. The van der Waals surface area contributed by atoms with Gasteiger partial charge in [-0.25, -0.2) is 4.79 Å². The third kappa shape index (κ3) is 4.59. The molecule has 1 heterocycles. The monoisotopic (exact) mass is 434 g/mol. The average molecular weight is 435 g/mol. The molecule has 0 aliphatic heterocycles. The summed E-state index contributed by atoms with van der Waals surface area (Å²) >= 11 is 4.90. The minimum Gasteiger partial charge on any atom is -0.465 e. The Morgan fingerprint density at radius 2 is 2.08 bits per heavy atom. The summed E-state index contributed by atoms with van der Waals surface area (Å²) in [7, 11) is 0. The normalized spacial score (nSPS) is 11.0. The van der Waals surface area contributed by atoms with E-state index in [0.29, 0.717) is 19.6 Å². The van der Waals surface area contributed by atoms with Gasteiger partial charge in [0, 0.05) is 15.9 Å². The lowest BCUT2D eigenvalue weighted by Crippen LogP contribution is -2.18. The van der Waals surface area contributed by atoms with E-state index < -0.39 is 0 Å². The summed E-state index contributed by atoms with van der Waals surface area (Å²) in [5.74, 6) is 0.0266. The summed E-state index contributed by atoms with van der Waals surface area (Å²) in [6, 6.07) is 13.5. The van der Waals surface area contributed by atoms with Crippen molar-refractivity contribution < 1.29 is 9.53 Å². The van der Waals surface area contributed by atoms with Gasteiger partial charge < -0.3 is 9.72 Å². The number of aromatic nitrogens is 2. The van der Waals surface area contributed by atoms with Crippen molar-refractivity contribution in [3.63, 3.8) is 0 Å². The Bertz CT molecular complexity index is 980. The van der Waals surface area contributed by atoms with Crippen molar-refractivity contribution in [2.75, 3.05) is 12.4 Å². The number of carbonyl (C=O) groups excluding carboxylic acids is 1. The van der Waals surface area contributed by atoms with Crippen LogP contribution in [0.5, 0.6) is 0 Å². The number of thioether (sulfide) groups is 1. The zero-order chi connectivity index (χ0) is 18.5. The smallest absolute Gasteiger partial charge is 0.326 e. The van der Waals surface area contributed by atoms with Crippen LogP contribution in [-0.2, 0) is 16.1 Å². The van der Waals surface area contributed by atoms with Crippen molar-refractivity contribution in [2.24, 2.45) is 0 Å². The predicted octanol–water partition coefficient (Wildman–Crippen LogP) is 4.13. The Balaban J connectivity index is 1.45. The van der Waals surface area contributed by atoms with Crippen LogP contribution in [0.3, 0.4) is 0 Å². The highest BCUT2D eigenvalue weighted by molar-refractivity contribution is 9.10. The minimum absolute atomic E-state index is 0.140. The first-order valence-corrected chi connectivity index (χ1v) is 10.0. The van der Waals surface area contributed by atoms with E-state index in [0.717, 1.165) is 26.0 Å². The standard InChI is InChI=1S/C19H19BrN2O3S/c1-13-11-14(20)7-8-17(13)26-12-18(23)25-10-4-9-22-16-6-3-2-5-15(16)21-19(22)24/h2-3,5-8,11H,4,9-10,12H2,1H3,(H,21,24). The van der Waals surface area contributed by atoms with Gasteiger partial charge in [-0.2, -0.15) is 0 Å². The number of aryl methyl sites for hydroxylation is 2. The third-order valence-electron chi connectivity index (χ3n) is 3.95. The van der Waals surface area contributed by atoms with Crippen LogP contribution in [0.4, 0.5) is 0 Å². The summed E-state index contributed by atoms with van der Waals surface area (Å²) in [5, 5.41) is 0. The van der Waals surface area contributed by atoms with E-state index in [4.69, 9.17) is 4.74 Å². The number of rotatable bonds is 7. The molecule has 0 aliphatic rings. The number of carbonyl (C=O) groups is 1. The predicted molar refractivity (Wildman–Crippen MR) is 108 cm³/mol. The highest BCUT2D eigenvalue weighted by Crippen LogP contribution is 2.25. The topological polar surface area (TPSA) is 64.1 Å². The number of nitrogens with zero attached hydrogens (tertiary/aromatic N) is 1. The first-order valence-electron chi connectivity index (χ1n) is 8.27. The first-order chi connectivity index (χ1) is 12.5. The van der Waals surface area contributed by atoms with Gasteiger partial charge in [0.1, 0.15) is 0 Å². The van der Waals surface area contributed by atoms with Crippen molar-refractivity contribution in [3.05, 3.63) is 63.0 Å². The number of H-pyrrole nitrogens is 1. The maximum atomic E-state index is 12.0. The fourth-order valence-electron chi connectivity index (χ4n) is 2.69. The molecule has 0 radical (unpaired) electrons. The molecule has 3 aromatic rings. The lowest BCUT2D eigenvalue weighted by Gasteiger charge is -2.07. The van der Waals surface area contributed by atoms with Gasteiger partial charge in [0.05, 0.1) is 23.4 Å². The van der Waals surface area contributed by atoms with Gasteiger partial charge >= 0.3 is 11.7 Å². The number of para-hydroxylation sites is 2. The van der Waals surface area contributed by atoms with E-state index in [-0.39, 0.29) is 17.4 Å². The maximum Gasteiger partial charge on any atom is 0.326 e. The summed E-state index contributed by atoms with van der Waals surface area (Å²) in [6.07, 6.45) is 0.593. The van der Waals surface area contributed by atoms with Gasteiger partial charge in [-0.3, -0.25) is 9.36 Å². The summed E-state index contributed by atoms with van der Waals surface area (Å²) in [4.78, 5) is 27.8. The minimum atomic E-state index is -0.247. The fourth-order valence-corrected chi connectivity index (χ4v) is 3.97. The molecule has 2 aromatic carbocycles. The second-order valence-electron chi connectivity index (χ2n) is 5.87. The number of benzene rings is 2. The molecule has 0 unspecified atom stereocenters. The largest absolute Gasteiger partial charge is 0.465 e. The van der Waals surface area contributed by atoms with Gasteiger partial charge in [0.15, 0.2) is 0 Å². The number of hydrogen-bond donors (Lipinski definition) is 1. The molecule has 0 aliphatic carbocycles. The number of fused-ring (bicyclic) bond motifs is 1. The average Bonchev–Trinajstić information content (AvgIpc) is 2.93. The van der Waals surface area contributed by atoms with Crippen LogP contribution >= 0.6 is 27.7 Å². The number of nitrogens with one attached hydrogen (secondary N) is 1. The molecule has 0 spiro atoms. The molecule has 0 amide bonds. The Labute approximate surface area is 163 Å². The molecule has 0 bridgehead atoms. The van der Waals surface area contributed by atoms with Crippen LogP contribution in [0.1, 0.15) is 12.0 Å². The zero-order valence-electron chi connectivity index (χ0n) is 14.3. The molecule has 3 rings (SSSR count). The van der Waals surface area contributed by atoms with Gasteiger partial charge in [-0.1, -0.05) is 28.1 Å². The molecule has 26 heavy (non-hydrogen) atoms. The molecule has 1 N–H and O–H groups in total. The van der Waals surface area contributed by atoms with Crippen molar-refractivity contribution in [3.8, 4) is 0 Å². The van der Waals surface area contributed by atoms with Crippen LogP contribution in [0.25, 0.3) is 11.0 Å². The van der Waals surface area contributed by atoms with E-state index in [2.05, 4.69) is 20.9 Å². The zero-order valence-corrected chi connectivity index (χ0v) is 16.7.